The molecule has 1 atom stereocenters. The highest BCUT2D eigenvalue weighted by atomic mass is 31.0. The molecule has 0 saturated heterocycles. The van der Waals surface area contributed by atoms with Crippen molar-refractivity contribution in [1.29, 1.82) is 0 Å². The Morgan fingerprint density at radius 2 is 1.19 bits per heavy atom. The predicted molar refractivity (Wildman–Crippen MR) is 227 cm³/mol. The highest BCUT2D eigenvalue weighted by Gasteiger charge is 2.51. The molecule has 53 heavy (non-hydrogen) atoms. The van der Waals surface area contributed by atoms with Gasteiger partial charge in [0.25, 0.3) is 0 Å². The van der Waals surface area contributed by atoms with Crippen molar-refractivity contribution in [3.63, 3.8) is 0 Å². The summed E-state index contributed by atoms with van der Waals surface area (Å²) in [4.78, 5) is 0. The number of benzene rings is 7. The Kier molecular flexibility index (Phi) is 7.25. The molecule has 2 nitrogen and oxygen atoms in total. The fourth-order valence-electron chi connectivity index (χ4n) is 9.11. The average Bonchev–Trinajstić information content (AvgIpc) is 3.67. The van der Waals surface area contributed by atoms with Gasteiger partial charge in [0.05, 0.1) is 5.41 Å². The monoisotopic (exact) mass is 696 g/mol. The Labute approximate surface area is 312 Å². The number of fused-ring (bicyclic) bond motifs is 12. The minimum Gasteiger partial charge on any atom is -0.398 e. The average molecular weight is 697 g/mol. The van der Waals surface area contributed by atoms with Crippen molar-refractivity contribution in [2.75, 3.05) is 0 Å². The molecular weight excluding hydrogens is 660 g/mol. The largest absolute Gasteiger partial charge is 0.398 e. The lowest BCUT2D eigenvalue weighted by Gasteiger charge is -2.30. The summed E-state index contributed by atoms with van der Waals surface area (Å²) in [5.74, 6) is 0. The molecule has 0 bridgehead atoms. The van der Waals surface area contributed by atoms with Crippen LogP contribution >= 0.6 is 9.39 Å². The maximum absolute atomic E-state index is 6.86. The number of hydrogen-bond acceptors (Lipinski definition) is 2. The number of rotatable bonds is 5. The van der Waals surface area contributed by atoms with E-state index < -0.39 is 5.41 Å². The molecule has 0 radical (unpaired) electrons. The molecule has 3 heteroatoms. The Morgan fingerprint density at radius 3 is 1.87 bits per heavy atom. The van der Waals surface area contributed by atoms with E-state index in [1.165, 1.54) is 71.6 Å². The van der Waals surface area contributed by atoms with Gasteiger partial charge >= 0.3 is 0 Å². The van der Waals surface area contributed by atoms with Gasteiger partial charge in [0, 0.05) is 23.4 Å². The number of nitrogens with one attached hydrogen (secondary N) is 1. The van der Waals surface area contributed by atoms with Crippen molar-refractivity contribution in [3.8, 4) is 33.4 Å². The molecule has 0 heterocycles. The van der Waals surface area contributed by atoms with Crippen LogP contribution in [0.1, 0.15) is 34.2 Å². The van der Waals surface area contributed by atoms with E-state index in [0.717, 1.165) is 40.1 Å². The molecule has 252 valence electrons. The zero-order chi connectivity index (χ0) is 35.7. The van der Waals surface area contributed by atoms with Gasteiger partial charge in [-0.05, 0) is 134 Å². The number of hydrogen-bond donors (Lipinski definition) is 2. The third-order valence-electron chi connectivity index (χ3n) is 11.5. The third-order valence-corrected chi connectivity index (χ3v) is 11.9. The smallest absolute Gasteiger partial charge is 0.0725 e. The lowest BCUT2D eigenvalue weighted by molar-refractivity contribution is 0.796. The Hall–Kier alpha value is -6.21. The zero-order valence-electron chi connectivity index (χ0n) is 29.2. The van der Waals surface area contributed by atoms with E-state index in [2.05, 4.69) is 179 Å². The molecule has 3 aliphatic carbocycles. The predicted octanol–water partition coefficient (Wildman–Crippen LogP) is 12.0. The fraction of sp³-hybridized carbons (Fsp3) is 0.0400. The minimum atomic E-state index is -0.411. The van der Waals surface area contributed by atoms with E-state index in [9.17, 15) is 0 Å². The highest BCUT2D eigenvalue weighted by molar-refractivity contribution is 7.14. The molecule has 0 aliphatic heterocycles. The van der Waals surface area contributed by atoms with Gasteiger partial charge in [0.15, 0.2) is 0 Å². The van der Waals surface area contributed by atoms with Crippen LogP contribution in [-0.2, 0) is 5.41 Å². The van der Waals surface area contributed by atoms with E-state index in [-0.39, 0.29) is 0 Å². The van der Waals surface area contributed by atoms with Crippen molar-refractivity contribution in [2.24, 2.45) is 5.73 Å². The van der Waals surface area contributed by atoms with Crippen molar-refractivity contribution in [1.82, 2.24) is 5.09 Å². The number of nitrogens with two attached hydrogens (primary N) is 1. The topological polar surface area (TPSA) is 38.0 Å². The first-order chi connectivity index (χ1) is 26.1. The van der Waals surface area contributed by atoms with Gasteiger partial charge in [-0.25, -0.2) is 0 Å². The summed E-state index contributed by atoms with van der Waals surface area (Å²) >= 11 is 0. The molecule has 3 aliphatic rings. The second-order valence-corrected chi connectivity index (χ2v) is 14.5. The van der Waals surface area contributed by atoms with Gasteiger partial charge in [-0.1, -0.05) is 140 Å². The molecule has 0 fully saturated rings. The Bertz CT molecular complexity index is 2780. The van der Waals surface area contributed by atoms with Gasteiger partial charge in [0.2, 0.25) is 0 Å². The lowest BCUT2D eigenvalue weighted by atomic mass is 9.70. The van der Waals surface area contributed by atoms with E-state index in [4.69, 9.17) is 5.73 Å². The summed E-state index contributed by atoms with van der Waals surface area (Å²) in [6.45, 7) is 3.94. The summed E-state index contributed by atoms with van der Waals surface area (Å²) in [7, 11) is 2.60. The first-order valence-corrected chi connectivity index (χ1v) is 18.7. The molecule has 0 saturated carbocycles. The minimum absolute atomic E-state index is 0.411. The van der Waals surface area contributed by atoms with Crippen LogP contribution in [0.25, 0.3) is 60.6 Å². The summed E-state index contributed by atoms with van der Waals surface area (Å²) in [5, 5.41) is 8.21. The lowest BCUT2D eigenvalue weighted by Crippen LogP contribution is -2.25. The summed E-state index contributed by atoms with van der Waals surface area (Å²) in [5.41, 5.74) is 24.5. The van der Waals surface area contributed by atoms with E-state index in [1.807, 2.05) is 12.2 Å². The zero-order valence-corrected chi connectivity index (χ0v) is 30.4. The molecule has 0 amide bonds. The maximum atomic E-state index is 6.86. The van der Waals surface area contributed by atoms with E-state index >= 15 is 0 Å². The van der Waals surface area contributed by atoms with Crippen LogP contribution in [0.5, 0.6) is 0 Å². The summed E-state index contributed by atoms with van der Waals surface area (Å²) in [6.07, 6.45) is 11.0. The second kappa shape index (κ2) is 12.2. The van der Waals surface area contributed by atoms with Crippen molar-refractivity contribution in [2.45, 2.75) is 11.8 Å². The second-order valence-electron chi connectivity index (χ2n) is 14.2. The van der Waals surface area contributed by atoms with Crippen molar-refractivity contribution < 1.29 is 0 Å². The van der Waals surface area contributed by atoms with Crippen LogP contribution < -0.4 is 10.8 Å². The maximum Gasteiger partial charge on any atom is 0.0725 e. The van der Waals surface area contributed by atoms with E-state index in [0.29, 0.717) is 0 Å². The summed E-state index contributed by atoms with van der Waals surface area (Å²) in [6, 6.07) is 51.9. The standard InChI is InChI=1S/C50H37N2P/c1-2-32-21-19-31(25-49(32)52-53)20-24-48(51)41-16-6-5-13-38(41)36-23-22-35-28-43-42-27-33-11-3-4-12-34(33)29-46(42)50(47(43)30-37(35)26-36)44-17-9-7-14-39(44)40-15-8-10-18-45(40)50/h2-24,26-30,52H,1,25,51,53H2/b31-20-,48-24-. The molecule has 3 N–H and O–H groups in total. The van der Waals surface area contributed by atoms with Crippen LogP contribution in [0.15, 0.2) is 193 Å². The third kappa shape index (κ3) is 4.69. The Morgan fingerprint density at radius 1 is 0.604 bits per heavy atom. The first-order valence-electron chi connectivity index (χ1n) is 18.2. The Balaban J connectivity index is 1.14. The molecule has 0 aromatic heterocycles. The SMILES string of the molecule is C=CC1=C(NP)C/C(=C\C=C(/N)c2ccccc2-c2ccc3cc4c(cc3c2)C2(c3ccccc3-c3ccccc32)c2cc3ccccc3cc2-4)C=C1. The van der Waals surface area contributed by atoms with Crippen molar-refractivity contribution in [3.05, 3.63) is 221 Å². The molecule has 7 aromatic rings. The van der Waals surface area contributed by atoms with Crippen LogP contribution in [0.4, 0.5) is 0 Å². The first kappa shape index (κ1) is 31.5. The van der Waals surface area contributed by atoms with Crippen LogP contribution in [0.3, 0.4) is 0 Å². The number of allylic oxidation sites excluding steroid dienone is 7. The molecule has 10 rings (SSSR count). The molecule has 1 unspecified atom stereocenters. The van der Waals surface area contributed by atoms with Gasteiger partial charge in [0.1, 0.15) is 0 Å². The molecule has 1 spiro atoms. The normalized spacial score (nSPS) is 15.9. The van der Waals surface area contributed by atoms with Crippen LogP contribution in [0, 0.1) is 0 Å². The molecule has 7 aromatic carbocycles. The van der Waals surface area contributed by atoms with Crippen LogP contribution in [-0.4, -0.2) is 0 Å². The van der Waals surface area contributed by atoms with Gasteiger partial charge in [-0.15, -0.1) is 0 Å². The highest BCUT2D eigenvalue weighted by Crippen LogP contribution is 2.63. The van der Waals surface area contributed by atoms with Gasteiger partial charge in [-0.2, -0.15) is 0 Å². The van der Waals surface area contributed by atoms with Gasteiger partial charge < -0.3 is 10.8 Å². The quantitative estimate of drug-likeness (QED) is 0.176. The van der Waals surface area contributed by atoms with Crippen LogP contribution in [0.2, 0.25) is 0 Å². The van der Waals surface area contributed by atoms with E-state index in [1.54, 1.807) is 0 Å². The van der Waals surface area contributed by atoms with Crippen molar-refractivity contribution >= 4 is 36.6 Å². The van der Waals surface area contributed by atoms with Gasteiger partial charge in [-0.3, -0.25) is 0 Å². The summed E-state index contributed by atoms with van der Waals surface area (Å²) < 4.78 is 0. The fourth-order valence-corrected chi connectivity index (χ4v) is 9.38. The molecular formula is C50H37N2P.